The van der Waals surface area contributed by atoms with Crippen LogP contribution in [0.2, 0.25) is 0 Å². The van der Waals surface area contributed by atoms with E-state index in [1.165, 1.54) is 0 Å². The Morgan fingerprint density at radius 2 is 1.94 bits per heavy atom. The largest absolute Gasteiger partial charge is 0.349 e. The van der Waals surface area contributed by atoms with Crippen LogP contribution in [0, 0.1) is 6.92 Å². The minimum absolute atomic E-state index is 0.0474. The number of piperidine rings is 1. The van der Waals surface area contributed by atoms with Crippen LogP contribution in [-0.4, -0.2) is 36.5 Å². The van der Waals surface area contributed by atoms with Crippen molar-refractivity contribution >= 4 is 5.91 Å². The molecule has 1 radical (unpaired) electrons. The lowest BCUT2D eigenvalue weighted by Crippen LogP contribution is -2.44. The molecule has 0 aromatic heterocycles. The molecule has 0 aliphatic carbocycles. The van der Waals surface area contributed by atoms with E-state index in [9.17, 15) is 4.79 Å². The molecule has 0 unspecified atom stereocenters. The zero-order chi connectivity index (χ0) is 12.8. The molecule has 1 aliphatic heterocycles. The summed E-state index contributed by atoms with van der Waals surface area (Å²) in [6, 6.07) is 9.74. The summed E-state index contributed by atoms with van der Waals surface area (Å²) in [5.41, 5.74) is 0.748. The van der Waals surface area contributed by atoms with Crippen LogP contribution in [0.5, 0.6) is 0 Å². The van der Waals surface area contributed by atoms with Crippen LogP contribution >= 0.6 is 0 Å². The summed E-state index contributed by atoms with van der Waals surface area (Å²) in [6.07, 6.45) is 3.04. The summed E-state index contributed by atoms with van der Waals surface area (Å²) in [5, 5.41) is 3.12. The summed E-state index contributed by atoms with van der Waals surface area (Å²) >= 11 is 0. The first-order valence-corrected chi connectivity index (χ1v) is 6.67. The summed E-state index contributed by atoms with van der Waals surface area (Å²) in [5.74, 6) is 0.0474. The van der Waals surface area contributed by atoms with Crippen molar-refractivity contribution in [2.24, 2.45) is 0 Å². The second-order valence-electron chi connectivity index (χ2n) is 4.81. The van der Waals surface area contributed by atoms with Crippen LogP contribution in [0.3, 0.4) is 0 Å². The van der Waals surface area contributed by atoms with Crippen LogP contribution < -0.4 is 5.32 Å². The molecule has 3 nitrogen and oxygen atoms in total. The Morgan fingerprint density at radius 1 is 1.28 bits per heavy atom. The highest BCUT2D eigenvalue weighted by atomic mass is 16.1. The van der Waals surface area contributed by atoms with Crippen molar-refractivity contribution < 1.29 is 4.79 Å². The van der Waals surface area contributed by atoms with E-state index in [1.807, 2.05) is 30.3 Å². The Bertz CT molecular complexity index is 369. The number of hydrogen-bond donors (Lipinski definition) is 1. The van der Waals surface area contributed by atoms with E-state index in [2.05, 4.69) is 17.1 Å². The average molecular weight is 245 g/mol. The molecule has 0 saturated carbocycles. The minimum atomic E-state index is 0.0474. The van der Waals surface area contributed by atoms with Crippen LogP contribution in [0.4, 0.5) is 0 Å². The third kappa shape index (κ3) is 3.57. The van der Waals surface area contributed by atoms with Gasteiger partial charge in [-0.15, -0.1) is 0 Å². The van der Waals surface area contributed by atoms with Gasteiger partial charge in [-0.3, -0.25) is 4.79 Å². The van der Waals surface area contributed by atoms with Crippen LogP contribution in [0.25, 0.3) is 0 Å². The maximum Gasteiger partial charge on any atom is 0.251 e. The van der Waals surface area contributed by atoms with E-state index >= 15 is 0 Å². The molecule has 1 saturated heterocycles. The first-order chi connectivity index (χ1) is 8.79. The molecule has 1 N–H and O–H groups in total. The topological polar surface area (TPSA) is 32.3 Å². The Morgan fingerprint density at radius 3 is 2.56 bits per heavy atom. The number of amides is 1. The van der Waals surface area contributed by atoms with Gasteiger partial charge >= 0.3 is 0 Å². The van der Waals surface area contributed by atoms with Crippen LogP contribution in [-0.2, 0) is 0 Å². The number of rotatable bonds is 4. The molecule has 1 heterocycles. The lowest BCUT2D eigenvalue weighted by atomic mass is 10.0. The van der Waals surface area contributed by atoms with Gasteiger partial charge in [0.1, 0.15) is 0 Å². The van der Waals surface area contributed by atoms with Gasteiger partial charge < -0.3 is 10.2 Å². The maximum absolute atomic E-state index is 12.0. The zero-order valence-corrected chi connectivity index (χ0v) is 10.8. The lowest BCUT2D eigenvalue weighted by Gasteiger charge is -2.32. The van der Waals surface area contributed by atoms with E-state index in [0.717, 1.165) is 44.5 Å². The van der Waals surface area contributed by atoms with Gasteiger partial charge in [-0.25, -0.2) is 0 Å². The fourth-order valence-corrected chi connectivity index (χ4v) is 2.38. The molecule has 2 rings (SSSR count). The second kappa shape index (κ2) is 6.55. The fourth-order valence-electron chi connectivity index (χ4n) is 2.38. The highest BCUT2D eigenvalue weighted by Crippen LogP contribution is 2.11. The quantitative estimate of drug-likeness (QED) is 0.881. The first-order valence-electron chi connectivity index (χ1n) is 6.67. The number of hydrogen-bond acceptors (Lipinski definition) is 2. The van der Waals surface area contributed by atoms with Crippen molar-refractivity contribution in [1.82, 2.24) is 10.2 Å². The summed E-state index contributed by atoms with van der Waals surface area (Å²) in [6.45, 7) is 7.07. The van der Waals surface area contributed by atoms with Crippen molar-refractivity contribution in [3.05, 3.63) is 42.8 Å². The van der Waals surface area contributed by atoms with Crippen LogP contribution in [0.1, 0.15) is 29.6 Å². The summed E-state index contributed by atoms with van der Waals surface area (Å²) < 4.78 is 0. The second-order valence-corrected chi connectivity index (χ2v) is 4.81. The molecule has 1 aromatic carbocycles. The van der Waals surface area contributed by atoms with Gasteiger partial charge in [0.25, 0.3) is 5.91 Å². The summed E-state index contributed by atoms with van der Waals surface area (Å²) in [4.78, 5) is 14.4. The fraction of sp³-hybridized carbons (Fsp3) is 0.467. The molecular weight excluding hydrogens is 224 g/mol. The van der Waals surface area contributed by atoms with Crippen molar-refractivity contribution in [3.8, 4) is 0 Å². The first kappa shape index (κ1) is 13.1. The van der Waals surface area contributed by atoms with Crippen LogP contribution in [0.15, 0.2) is 30.3 Å². The molecule has 1 aliphatic rings. The number of carbonyl (C=O) groups is 1. The normalized spacial score (nSPS) is 17.6. The third-order valence-corrected chi connectivity index (χ3v) is 3.43. The van der Waals surface area contributed by atoms with Crippen molar-refractivity contribution in [2.75, 3.05) is 19.6 Å². The number of carbonyl (C=O) groups excluding carboxylic acids is 1. The molecular formula is C15H21N2O. The monoisotopic (exact) mass is 245 g/mol. The molecule has 1 amide bonds. The Balaban J connectivity index is 1.80. The van der Waals surface area contributed by atoms with E-state index in [1.54, 1.807) is 0 Å². The molecule has 97 valence electrons. The SMILES string of the molecule is [CH2]CCN1CCC(NC(=O)c2ccccc2)CC1. The van der Waals surface area contributed by atoms with E-state index in [-0.39, 0.29) is 5.91 Å². The number of nitrogens with one attached hydrogen (secondary N) is 1. The Kier molecular flexibility index (Phi) is 4.76. The lowest BCUT2D eigenvalue weighted by molar-refractivity contribution is 0.0911. The smallest absolute Gasteiger partial charge is 0.251 e. The molecule has 18 heavy (non-hydrogen) atoms. The number of nitrogens with zero attached hydrogens (tertiary/aromatic N) is 1. The van der Waals surface area contributed by atoms with Gasteiger partial charge in [-0.2, -0.15) is 0 Å². The zero-order valence-electron chi connectivity index (χ0n) is 10.8. The molecule has 0 spiro atoms. The highest BCUT2D eigenvalue weighted by molar-refractivity contribution is 5.94. The maximum atomic E-state index is 12.0. The van der Waals surface area contributed by atoms with Gasteiger partial charge in [-0.05, 0) is 37.9 Å². The summed E-state index contributed by atoms with van der Waals surface area (Å²) in [7, 11) is 0. The van der Waals surface area contributed by atoms with E-state index in [0.29, 0.717) is 6.04 Å². The molecule has 1 aromatic rings. The minimum Gasteiger partial charge on any atom is -0.349 e. The van der Waals surface area contributed by atoms with Gasteiger partial charge in [0.05, 0.1) is 0 Å². The molecule has 0 bridgehead atoms. The number of benzene rings is 1. The van der Waals surface area contributed by atoms with Crippen molar-refractivity contribution in [2.45, 2.75) is 25.3 Å². The van der Waals surface area contributed by atoms with Crippen molar-refractivity contribution in [3.63, 3.8) is 0 Å². The molecule has 1 fully saturated rings. The molecule has 3 heteroatoms. The van der Waals surface area contributed by atoms with Gasteiger partial charge in [0.2, 0.25) is 0 Å². The predicted octanol–water partition coefficient (Wildman–Crippen LogP) is 2.10. The third-order valence-electron chi connectivity index (χ3n) is 3.43. The van der Waals surface area contributed by atoms with E-state index in [4.69, 9.17) is 0 Å². The van der Waals surface area contributed by atoms with Gasteiger partial charge in [0.15, 0.2) is 0 Å². The Labute approximate surface area is 109 Å². The van der Waals surface area contributed by atoms with Gasteiger partial charge in [-0.1, -0.05) is 25.1 Å². The predicted molar refractivity (Wildman–Crippen MR) is 73.3 cm³/mol. The van der Waals surface area contributed by atoms with Crippen molar-refractivity contribution in [1.29, 1.82) is 0 Å². The number of likely N-dealkylation sites (tertiary alicyclic amines) is 1. The standard InChI is InChI=1S/C15H21N2O/c1-2-10-17-11-8-14(9-12-17)16-15(18)13-6-4-3-5-7-13/h3-7,14H,1-2,8-12H2,(H,16,18). The van der Waals surface area contributed by atoms with Gasteiger partial charge in [0, 0.05) is 24.7 Å². The Hall–Kier alpha value is -1.35. The highest BCUT2D eigenvalue weighted by Gasteiger charge is 2.20. The molecule has 0 atom stereocenters. The average Bonchev–Trinajstić information content (AvgIpc) is 2.42. The van der Waals surface area contributed by atoms with E-state index < -0.39 is 0 Å².